The van der Waals surface area contributed by atoms with Gasteiger partial charge in [0.1, 0.15) is 6.54 Å². The van der Waals surface area contributed by atoms with Crippen LogP contribution in [0.5, 0.6) is 0 Å². The normalized spacial score (nSPS) is 21.4. The van der Waals surface area contributed by atoms with Gasteiger partial charge < -0.3 is 9.30 Å². The molecule has 3 aromatic heterocycles. The van der Waals surface area contributed by atoms with Gasteiger partial charge in [0.15, 0.2) is 11.2 Å². The van der Waals surface area contributed by atoms with Crippen LogP contribution in [0, 0.1) is 18.3 Å². The lowest BCUT2D eigenvalue weighted by Gasteiger charge is -2.39. The minimum Gasteiger partial charge on any atom is -0.468 e. The van der Waals surface area contributed by atoms with Crippen LogP contribution in [0.1, 0.15) is 51.8 Å². The Morgan fingerprint density at radius 1 is 1.30 bits per heavy atom. The quantitative estimate of drug-likeness (QED) is 0.610. The lowest BCUT2D eigenvalue weighted by Crippen LogP contribution is -2.41. The molecule has 0 aliphatic heterocycles. The highest BCUT2D eigenvalue weighted by atomic mass is 16.5. The molecular formula is C21H29N5O4. The van der Waals surface area contributed by atoms with Gasteiger partial charge in [-0.3, -0.25) is 18.6 Å². The molecule has 30 heavy (non-hydrogen) atoms. The predicted octanol–water partition coefficient (Wildman–Crippen LogP) is 2.02. The molecule has 0 radical (unpaired) electrons. The Kier molecular flexibility index (Phi) is 4.67. The first-order valence-electron chi connectivity index (χ1n) is 10.3. The van der Waals surface area contributed by atoms with Gasteiger partial charge >= 0.3 is 11.7 Å². The second-order valence-corrected chi connectivity index (χ2v) is 9.47. The summed E-state index contributed by atoms with van der Waals surface area (Å²) >= 11 is 0. The van der Waals surface area contributed by atoms with Crippen LogP contribution in [0.2, 0.25) is 0 Å². The van der Waals surface area contributed by atoms with Gasteiger partial charge in [0.2, 0.25) is 5.78 Å². The van der Waals surface area contributed by atoms with Crippen molar-refractivity contribution in [2.45, 2.75) is 59.5 Å². The average Bonchev–Trinajstić information content (AvgIpc) is 3.15. The number of esters is 1. The van der Waals surface area contributed by atoms with Crippen LogP contribution >= 0.6 is 0 Å². The number of hydrogen-bond acceptors (Lipinski definition) is 5. The largest absolute Gasteiger partial charge is 0.468 e. The van der Waals surface area contributed by atoms with Gasteiger partial charge in [0.05, 0.1) is 7.11 Å². The number of ether oxygens (including phenoxy) is 1. The molecule has 0 bridgehead atoms. The van der Waals surface area contributed by atoms with Gasteiger partial charge in [-0.1, -0.05) is 20.8 Å². The van der Waals surface area contributed by atoms with Crippen LogP contribution < -0.4 is 11.2 Å². The molecular weight excluding hydrogens is 386 g/mol. The molecule has 3 heterocycles. The first kappa shape index (κ1) is 20.4. The van der Waals surface area contributed by atoms with E-state index in [-0.39, 0.29) is 11.5 Å². The Morgan fingerprint density at radius 3 is 2.63 bits per heavy atom. The molecule has 0 amide bonds. The zero-order valence-corrected chi connectivity index (χ0v) is 18.4. The van der Waals surface area contributed by atoms with Crippen molar-refractivity contribution in [2.24, 2.45) is 18.4 Å². The number of carbonyl (C=O) groups excluding carboxylic acids is 1. The maximum Gasteiger partial charge on any atom is 0.333 e. The monoisotopic (exact) mass is 415 g/mol. The second-order valence-electron chi connectivity index (χ2n) is 9.47. The first-order chi connectivity index (χ1) is 14.0. The highest BCUT2D eigenvalue weighted by molar-refractivity contribution is 5.76. The molecule has 162 valence electrons. The smallest absolute Gasteiger partial charge is 0.333 e. The second kappa shape index (κ2) is 6.85. The van der Waals surface area contributed by atoms with Gasteiger partial charge in [-0.15, -0.1) is 0 Å². The van der Waals surface area contributed by atoms with Crippen LogP contribution in [-0.2, 0) is 23.1 Å². The van der Waals surface area contributed by atoms with E-state index in [1.165, 1.54) is 18.1 Å². The summed E-state index contributed by atoms with van der Waals surface area (Å²) < 4.78 is 10.8. The van der Waals surface area contributed by atoms with E-state index in [0.717, 1.165) is 23.1 Å². The van der Waals surface area contributed by atoms with Crippen molar-refractivity contribution in [3.63, 3.8) is 0 Å². The fourth-order valence-corrected chi connectivity index (χ4v) is 5.30. The molecule has 1 saturated carbocycles. The number of imidazole rings is 2. The lowest BCUT2D eigenvalue weighted by molar-refractivity contribution is -0.141. The van der Waals surface area contributed by atoms with E-state index in [4.69, 9.17) is 4.98 Å². The summed E-state index contributed by atoms with van der Waals surface area (Å²) in [5.41, 5.74) is 0.721. The maximum absolute atomic E-state index is 13.2. The van der Waals surface area contributed by atoms with Gasteiger partial charge in [-0.25, -0.2) is 9.36 Å². The minimum absolute atomic E-state index is 0.224. The molecule has 9 nitrogen and oxygen atoms in total. The third kappa shape index (κ3) is 3.07. The van der Waals surface area contributed by atoms with Crippen molar-refractivity contribution in [1.29, 1.82) is 0 Å². The summed E-state index contributed by atoms with van der Waals surface area (Å²) in [4.78, 5) is 42.3. The Morgan fingerprint density at radius 2 is 2.00 bits per heavy atom. The zero-order valence-electron chi connectivity index (χ0n) is 18.4. The third-order valence-electron chi connectivity index (χ3n) is 6.31. The Labute approximate surface area is 173 Å². The summed E-state index contributed by atoms with van der Waals surface area (Å²) in [6.45, 7) is 8.45. The number of aromatic nitrogens is 5. The average molecular weight is 415 g/mol. The van der Waals surface area contributed by atoms with Gasteiger partial charge in [0, 0.05) is 25.0 Å². The van der Waals surface area contributed by atoms with E-state index in [1.54, 1.807) is 11.4 Å². The van der Waals surface area contributed by atoms with E-state index in [2.05, 4.69) is 30.1 Å². The van der Waals surface area contributed by atoms with Crippen molar-refractivity contribution in [2.75, 3.05) is 7.11 Å². The predicted molar refractivity (Wildman–Crippen MR) is 113 cm³/mol. The maximum atomic E-state index is 13.2. The molecule has 3 aromatic rings. The van der Waals surface area contributed by atoms with Crippen LogP contribution in [0.3, 0.4) is 0 Å². The number of fused-ring (bicyclic) bond motifs is 3. The first-order valence-corrected chi connectivity index (χ1v) is 10.3. The Bertz CT molecular complexity index is 1270. The molecule has 4 rings (SSSR count). The summed E-state index contributed by atoms with van der Waals surface area (Å²) in [7, 11) is 2.79. The fourth-order valence-electron chi connectivity index (χ4n) is 5.30. The van der Waals surface area contributed by atoms with Crippen LogP contribution in [0.4, 0.5) is 0 Å². The van der Waals surface area contributed by atoms with Crippen LogP contribution in [-0.4, -0.2) is 36.2 Å². The molecule has 2 atom stereocenters. The van der Waals surface area contributed by atoms with Crippen LogP contribution in [0.25, 0.3) is 16.9 Å². The van der Waals surface area contributed by atoms with Crippen molar-refractivity contribution >= 4 is 22.9 Å². The van der Waals surface area contributed by atoms with Crippen molar-refractivity contribution in [3.8, 4) is 0 Å². The third-order valence-corrected chi connectivity index (χ3v) is 6.31. The number of aryl methyl sites for hydroxylation is 2. The molecule has 0 saturated heterocycles. The summed E-state index contributed by atoms with van der Waals surface area (Å²) in [6, 6.07) is 0.271. The standard InChI is InChI=1S/C21H29N5O4/c1-12-7-14(9-21(3,4)8-12)26-13(2)10-24-16-17(22-19(24)26)23(5)20(29)25(18(16)28)11-15(27)30-6/h10,12,14H,7-9,11H2,1-6H3/t12-,14+/m0/s1. The van der Waals surface area contributed by atoms with Crippen LogP contribution in [0.15, 0.2) is 15.8 Å². The topological polar surface area (TPSA) is 92.5 Å². The Hall–Kier alpha value is -2.84. The number of nitrogens with zero attached hydrogens (tertiary/aromatic N) is 5. The molecule has 0 unspecified atom stereocenters. The molecule has 0 N–H and O–H groups in total. The van der Waals surface area contributed by atoms with E-state index >= 15 is 0 Å². The van der Waals surface area contributed by atoms with Gasteiger partial charge in [-0.2, -0.15) is 4.98 Å². The SMILES string of the molecule is COC(=O)Cn1c(=O)c2c(nc3n([C@@H]4C[C@H](C)CC(C)(C)C4)c(C)cn23)n(C)c1=O. The highest BCUT2D eigenvalue weighted by Crippen LogP contribution is 2.44. The minimum atomic E-state index is -0.651. The molecule has 0 spiro atoms. The van der Waals surface area contributed by atoms with Crippen molar-refractivity contribution < 1.29 is 9.53 Å². The number of rotatable bonds is 3. The molecule has 9 heteroatoms. The van der Waals surface area contributed by atoms with Crippen molar-refractivity contribution in [1.82, 2.24) is 23.1 Å². The number of methoxy groups -OCH3 is 1. The van der Waals surface area contributed by atoms with Gasteiger partial charge in [-0.05, 0) is 37.5 Å². The lowest BCUT2D eigenvalue weighted by atomic mass is 9.70. The molecule has 1 fully saturated rings. The molecule has 1 aliphatic rings. The van der Waals surface area contributed by atoms with E-state index in [0.29, 0.717) is 22.9 Å². The zero-order chi connectivity index (χ0) is 22.0. The summed E-state index contributed by atoms with van der Waals surface area (Å²) in [6.07, 6.45) is 5.15. The highest BCUT2D eigenvalue weighted by Gasteiger charge is 2.34. The van der Waals surface area contributed by atoms with E-state index in [1.807, 2.05) is 13.1 Å². The number of hydrogen-bond donors (Lipinski definition) is 0. The Balaban J connectivity index is 1.97. The molecule has 0 aromatic carbocycles. The van der Waals surface area contributed by atoms with Gasteiger partial charge in [0.25, 0.3) is 5.56 Å². The summed E-state index contributed by atoms with van der Waals surface area (Å²) in [5, 5.41) is 0. The summed E-state index contributed by atoms with van der Waals surface area (Å²) in [5.74, 6) is 0.591. The fraction of sp³-hybridized carbons (Fsp3) is 0.619. The molecule has 1 aliphatic carbocycles. The van der Waals surface area contributed by atoms with E-state index in [9.17, 15) is 14.4 Å². The van der Waals surface area contributed by atoms with E-state index < -0.39 is 23.8 Å². The number of carbonyl (C=O) groups is 1. The van der Waals surface area contributed by atoms with Crippen molar-refractivity contribution in [3.05, 3.63) is 32.7 Å².